The van der Waals surface area contributed by atoms with Gasteiger partial charge < -0.3 is 34.6 Å². The summed E-state index contributed by atoms with van der Waals surface area (Å²) in [4.78, 5) is 32.8. The van der Waals surface area contributed by atoms with Crippen LogP contribution in [-0.2, 0) is 9.53 Å². The number of carbonyl (C=O) groups excluding carboxylic acids is 2. The van der Waals surface area contributed by atoms with Gasteiger partial charge >= 0.3 is 0 Å². The normalized spacial score (nSPS) is 22.0. The molecule has 0 aliphatic carbocycles. The van der Waals surface area contributed by atoms with Crippen LogP contribution in [0.15, 0.2) is 18.2 Å². The van der Waals surface area contributed by atoms with Crippen LogP contribution in [0.2, 0.25) is 0 Å². The number of amides is 2. The van der Waals surface area contributed by atoms with Gasteiger partial charge in [0, 0.05) is 37.7 Å². The summed E-state index contributed by atoms with van der Waals surface area (Å²) < 4.78 is 12.7. The van der Waals surface area contributed by atoms with Crippen LogP contribution in [0.25, 0.3) is 0 Å². The molecule has 9 heteroatoms. The van der Waals surface area contributed by atoms with E-state index in [-0.39, 0.29) is 36.5 Å². The molecule has 40 heavy (non-hydrogen) atoms. The topological polar surface area (TPSA) is 94.6 Å². The first kappa shape index (κ1) is 34.0. The molecule has 0 radical (unpaired) electrons. The molecule has 1 aliphatic rings. The Kier molecular flexibility index (Phi) is 14.9. The van der Waals surface area contributed by atoms with Crippen molar-refractivity contribution >= 4 is 17.5 Å². The lowest BCUT2D eigenvalue weighted by Crippen LogP contribution is -2.47. The minimum absolute atomic E-state index is 0.0402. The van der Waals surface area contributed by atoms with Crippen molar-refractivity contribution in [2.75, 3.05) is 65.9 Å². The third kappa shape index (κ3) is 11.4. The van der Waals surface area contributed by atoms with Gasteiger partial charge in [0.1, 0.15) is 5.75 Å². The zero-order valence-corrected chi connectivity index (χ0v) is 25.9. The van der Waals surface area contributed by atoms with Crippen LogP contribution in [0, 0.1) is 5.92 Å². The number of rotatable bonds is 11. The molecule has 228 valence electrons. The maximum Gasteiger partial charge on any atom is 0.258 e. The number of hydrogen-bond acceptors (Lipinski definition) is 7. The number of nitrogens with zero attached hydrogens (tertiary/aromatic N) is 3. The average Bonchev–Trinajstić information content (AvgIpc) is 2.90. The molecule has 2 N–H and O–H groups in total. The molecule has 1 aromatic carbocycles. The fraction of sp³-hybridized carbons (Fsp3) is 0.742. The highest BCUT2D eigenvalue weighted by atomic mass is 16.5. The van der Waals surface area contributed by atoms with Gasteiger partial charge in [-0.1, -0.05) is 13.8 Å². The van der Waals surface area contributed by atoms with Gasteiger partial charge in [-0.25, -0.2) is 0 Å². The smallest absolute Gasteiger partial charge is 0.258 e. The first-order valence-corrected chi connectivity index (χ1v) is 15.0. The second kappa shape index (κ2) is 17.6. The number of aliphatic hydroxyl groups is 1. The third-order valence-electron chi connectivity index (χ3n) is 7.44. The highest BCUT2D eigenvalue weighted by Gasteiger charge is 2.30. The molecule has 0 saturated heterocycles. The molecule has 0 fully saturated rings. The fourth-order valence-electron chi connectivity index (χ4n) is 5.02. The molecule has 1 aromatic rings. The van der Waals surface area contributed by atoms with Gasteiger partial charge in [0.15, 0.2) is 0 Å². The number of carbonyl (C=O) groups is 2. The second-order valence-corrected chi connectivity index (χ2v) is 11.7. The van der Waals surface area contributed by atoms with E-state index < -0.39 is 6.04 Å². The van der Waals surface area contributed by atoms with Crippen molar-refractivity contribution in [2.45, 2.75) is 84.5 Å². The van der Waals surface area contributed by atoms with Crippen molar-refractivity contribution < 1.29 is 24.2 Å². The van der Waals surface area contributed by atoms with E-state index in [1.807, 2.05) is 32.8 Å². The lowest BCUT2D eigenvalue weighted by atomic mass is 10.0. The Balaban J connectivity index is 2.39. The minimum atomic E-state index is -0.397. The van der Waals surface area contributed by atoms with Crippen LogP contribution in [0.3, 0.4) is 0 Å². The molecular weight excluding hydrogens is 508 g/mol. The molecule has 0 bridgehead atoms. The largest absolute Gasteiger partial charge is 0.490 e. The van der Waals surface area contributed by atoms with Crippen molar-refractivity contribution in [1.82, 2.24) is 14.7 Å². The summed E-state index contributed by atoms with van der Waals surface area (Å²) in [6.45, 7) is 11.7. The molecule has 1 aliphatic heterocycles. The maximum absolute atomic E-state index is 14.1. The quantitative estimate of drug-likeness (QED) is 0.419. The van der Waals surface area contributed by atoms with Crippen molar-refractivity contribution in [3.8, 4) is 5.75 Å². The van der Waals surface area contributed by atoms with E-state index in [1.165, 1.54) is 0 Å². The van der Waals surface area contributed by atoms with Crippen LogP contribution in [0.4, 0.5) is 5.69 Å². The Morgan fingerprint density at radius 3 is 2.62 bits per heavy atom. The number of benzene rings is 1. The number of aliphatic hydroxyl groups excluding tert-OH is 1. The van der Waals surface area contributed by atoms with Gasteiger partial charge in [-0.15, -0.1) is 0 Å². The molecule has 1 heterocycles. The number of likely N-dealkylation sites (N-methyl/N-ethyl adjacent to an activating group) is 1. The summed E-state index contributed by atoms with van der Waals surface area (Å²) in [6, 6.07) is 4.89. The third-order valence-corrected chi connectivity index (χ3v) is 7.44. The van der Waals surface area contributed by atoms with Gasteiger partial charge in [-0.2, -0.15) is 0 Å². The van der Waals surface area contributed by atoms with E-state index in [1.54, 1.807) is 23.1 Å². The highest BCUT2D eigenvalue weighted by molar-refractivity contribution is 5.99. The molecule has 0 aromatic heterocycles. The Morgan fingerprint density at radius 1 is 1.20 bits per heavy atom. The van der Waals surface area contributed by atoms with Gasteiger partial charge in [0.2, 0.25) is 5.91 Å². The predicted molar refractivity (Wildman–Crippen MR) is 161 cm³/mol. The van der Waals surface area contributed by atoms with Crippen LogP contribution in [0.1, 0.15) is 76.6 Å². The summed E-state index contributed by atoms with van der Waals surface area (Å²) in [5.41, 5.74) is 0.953. The molecule has 2 amide bonds. The Morgan fingerprint density at radius 2 is 1.95 bits per heavy atom. The zero-order valence-electron chi connectivity index (χ0n) is 25.9. The van der Waals surface area contributed by atoms with Crippen LogP contribution in [-0.4, -0.2) is 110 Å². The van der Waals surface area contributed by atoms with E-state index >= 15 is 0 Å². The van der Waals surface area contributed by atoms with Crippen LogP contribution < -0.4 is 10.1 Å². The fourth-order valence-corrected chi connectivity index (χ4v) is 5.02. The van der Waals surface area contributed by atoms with E-state index in [4.69, 9.17) is 9.47 Å². The molecule has 9 nitrogen and oxygen atoms in total. The monoisotopic (exact) mass is 562 g/mol. The molecule has 2 rings (SSSR count). The SMILES string of the molecule is CCCN(C)C[C@@H]1OCCCC[C@H](C)Oc2ccc(NC(=O)CCCN(C)C)cc2C(=O)N([C@H](C)CO)C[C@@H]1C. The lowest BCUT2D eigenvalue weighted by Gasteiger charge is -2.35. The van der Waals surface area contributed by atoms with Gasteiger partial charge in [-0.3, -0.25) is 9.59 Å². The molecular formula is C31H54N4O5. The van der Waals surface area contributed by atoms with E-state index in [0.717, 1.165) is 51.7 Å². The maximum atomic E-state index is 14.1. The number of ether oxygens (including phenoxy) is 2. The van der Waals surface area contributed by atoms with Gasteiger partial charge in [0.05, 0.1) is 30.4 Å². The molecule has 0 unspecified atom stereocenters. The van der Waals surface area contributed by atoms with Crippen LogP contribution in [0.5, 0.6) is 5.75 Å². The Labute approximate surface area is 242 Å². The van der Waals surface area contributed by atoms with Crippen molar-refractivity contribution in [3.63, 3.8) is 0 Å². The standard InChI is InChI=1S/C31H54N4O5/c1-8-16-34(7)21-29-23(2)20-35(24(3)22-36)31(38)27-19-26(32-30(37)13-11-17-33(5)6)14-15-28(27)40-25(4)12-9-10-18-39-29/h14-15,19,23-25,29,36H,8-13,16-18,20-22H2,1-7H3,(H,32,37)/t23-,24+,25-,29-/m0/s1. The molecule has 0 spiro atoms. The van der Waals surface area contributed by atoms with Crippen molar-refractivity contribution in [1.29, 1.82) is 0 Å². The second-order valence-electron chi connectivity index (χ2n) is 11.7. The highest BCUT2D eigenvalue weighted by Crippen LogP contribution is 2.28. The van der Waals surface area contributed by atoms with Gasteiger partial charge in [0.25, 0.3) is 5.91 Å². The lowest BCUT2D eigenvalue weighted by molar-refractivity contribution is -0.116. The summed E-state index contributed by atoms with van der Waals surface area (Å²) in [5, 5.41) is 13.1. The minimum Gasteiger partial charge on any atom is -0.490 e. The Bertz CT molecular complexity index is 912. The first-order valence-electron chi connectivity index (χ1n) is 15.0. The van der Waals surface area contributed by atoms with E-state index in [2.05, 4.69) is 31.1 Å². The summed E-state index contributed by atoms with van der Waals surface area (Å²) in [6.07, 6.45) is 4.83. The van der Waals surface area contributed by atoms with Gasteiger partial charge in [-0.05, 0) is 98.4 Å². The summed E-state index contributed by atoms with van der Waals surface area (Å²) in [7, 11) is 6.07. The number of nitrogens with one attached hydrogen (secondary N) is 1. The number of anilines is 1. The zero-order chi connectivity index (χ0) is 29.7. The molecule has 0 saturated carbocycles. The number of hydrogen-bond donors (Lipinski definition) is 2. The molecule has 4 atom stereocenters. The summed E-state index contributed by atoms with van der Waals surface area (Å²) in [5.74, 6) is 0.230. The predicted octanol–water partition coefficient (Wildman–Crippen LogP) is 4.10. The van der Waals surface area contributed by atoms with Crippen LogP contribution >= 0.6 is 0 Å². The first-order chi connectivity index (χ1) is 19.0. The summed E-state index contributed by atoms with van der Waals surface area (Å²) >= 11 is 0. The average molecular weight is 563 g/mol. The van der Waals surface area contributed by atoms with Crippen molar-refractivity contribution in [3.05, 3.63) is 23.8 Å². The number of fused-ring (bicyclic) bond motifs is 1. The van der Waals surface area contributed by atoms with E-state index in [0.29, 0.717) is 36.6 Å². The Hall–Kier alpha value is -2.20. The van der Waals surface area contributed by atoms with Crippen molar-refractivity contribution in [2.24, 2.45) is 5.92 Å². The van der Waals surface area contributed by atoms with E-state index in [9.17, 15) is 14.7 Å².